The van der Waals surface area contributed by atoms with Crippen LogP contribution in [0.1, 0.15) is 43.0 Å². The Morgan fingerprint density at radius 2 is 1.61 bits per heavy atom. The van der Waals surface area contributed by atoms with Crippen LogP contribution in [0.2, 0.25) is 0 Å². The van der Waals surface area contributed by atoms with Gasteiger partial charge in [0.2, 0.25) is 5.91 Å². The summed E-state index contributed by atoms with van der Waals surface area (Å²) >= 11 is 3.49. The van der Waals surface area contributed by atoms with E-state index in [1.165, 1.54) is 0 Å². The van der Waals surface area contributed by atoms with Crippen molar-refractivity contribution in [2.75, 3.05) is 6.61 Å². The molecule has 3 rings (SSSR count). The third kappa shape index (κ3) is 8.23. The fourth-order valence-corrected chi connectivity index (χ4v) is 4.08. The van der Waals surface area contributed by atoms with Crippen molar-refractivity contribution in [2.24, 2.45) is 0 Å². The number of aryl methyl sites for hydroxylation is 2. The van der Waals surface area contributed by atoms with Gasteiger partial charge >= 0.3 is 0 Å². The Morgan fingerprint density at radius 3 is 2.22 bits per heavy atom. The molecular formula is C30H35BrN2O3. The number of benzene rings is 3. The second-order valence-electron chi connectivity index (χ2n) is 10.2. The van der Waals surface area contributed by atoms with Crippen LogP contribution in [0.5, 0.6) is 5.75 Å². The summed E-state index contributed by atoms with van der Waals surface area (Å²) in [6.07, 6.45) is 0.401. The number of nitrogens with zero attached hydrogens (tertiary/aromatic N) is 1. The van der Waals surface area contributed by atoms with E-state index in [0.29, 0.717) is 18.7 Å². The number of hydrogen-bond acceptors (Lipinski definition) is 3. The highest BCUT2D eigenvalue weighted by atomic mass is 79.9. The summed E-state index contributed by atoms with van der Waals surface area (Å²) in [5.74, 6) is 0.172. The summed E-state index contributed by atoms with van der Waals surface area (Å²) in [6.45, 7) is 9.95. The van der Waals surface area contributed by atoms with E-state index in [1.54, 1.807) is 4.90 Å². The number of ether oxygens (including phenoxy) is 1. The Morgan fingerprint density at radius 1 is 0.944 bits per heavy atom. The van der Waals surface area contributed by atoms with Gasteiger partial charge in [-0.15, -0.1) is 0 Å². The molecule has 0 bridgehead atoms. The normalized spacial score (nSPS) is 12.1. The lowest BCUT2D eigenvalue weighted by molar-refractivity contribution is -0.143. The average Bonchev–Trinajstić information content (AvgIpc) is 2.82. The molecule has 0 aliphatic rings. The molecule has 1 N–H and O–H groups in total. The maximum absolute atomic E-state index is 13.7. The van der Waals surface area contributed by atoms with Crippen molar-refractivity contribution >= 4 is 27.7 Å². The maximum Gasteiger partial charge on any atom is 0.261 e. The first-order chi connectivity index (χ1) is 17.0. The van der Waals surface area contributed by atoms with E-state index in [4.69, 9.17) is 4.74 Å². The fraction of sp³-hybridized carbons (Fsp3) is 0.333. The van der Waals surface area contributed by atoms with Crippen LogP contribution in [0.15, 0.2) is 77.3 Å². The molecule has 5 nitrogen and oxygen atoms in total. The summed E-state index contributed by atoms with van der Waals surface area (Å²) in [5, 5.41) is 3.08. The van der Waals surface area contributed by atoms with Crippen LogP contribution in [-0.4, -0.2) is 34.9 Å². The smallest absolute Gasteiger partial charge is 0.261 e. The SMILES string of the molecule is Cc1ccc(CN(C(=O)COc2ccc(Br)c(C)c2)C(Cc2ccccc2)C(=O)NC(C)(C)C)cc1. The van der Waals surface area contributed by atoms with Gasteiger partial charge in [-0.1, -0.05) is 76.1 Å². The van der Waals surface area contributed by atoms with Crippen molar-refractivity contribution < 1.29 is 14.3 Å². The van der Waals surface area contributed by atoms with Gasteiger partial charge in [-0.2, -0.15) is 0 Å². The van der Waals surface area contributed by atoms with E-state index in [1.807, 2.05) is 107 Å². The van der Waals surface area contributed by atoms with E-state index in [9.17, 15) is 9.59 Å². The Bertz CT molecular complexity index is 1170. The van der Waals surface area contributed by atoms with Crippen molar-refractivity contribution in [3.63, 3.8) is 0 Å². The van der Waals surface area contributed by atoms with Gasteiger partial charge in [-0.3, -0.25) is 9.59 Å². The topological polar surface area (TPSA) is 58.6 Å². The van der Waals surface area contributed by atoms with Gasteiger partial charge in [0.05, 0.1) is 0 Å². The van der Waals surface area contributed by atoms with Crippen LogP contribution in [0.25, 0.3) is 0 Å². The highest BCUT2D eigenvalue weighted by Crippen LogP contribution is 2.22. The van der Waals surface area contributed by atoms with Gasteiger partial charge in [0.25, 0.3) is 5.91 Å². The minimum atomic E-state index is -0.698. The van der Waals surface area contributed by atoms with E-state index in [2.05, 4.69) is 21.2 Å². The molecule has 36 heavy (non-hydrogen) atoms. The monoisotopic (exact) mass is 550 g/mol. The highest BCUT2D eigenvalue weighted by molar-refractivity contribution is 9.10. The van der Waals surface area contributed by atoms with Gasteiger partial charge in [0.15, 0.2) is 6.61 Å². The minimum absolute atomic E-state index is 0.166. The summed E-state index contributed by atoms with van der Waals surface area (Å²) in [6, 6.07) is 22.7. The Labute approximate surface area is 223 Å². The van der Waals surface area contributed by atoms with Crippen molar-refractivity contribution in [1.29, 1.82) is 0 Å². The van der Waals surface area contributed by atoms with Crippen LogP contribution >= 0.6 is 15.9 Å². The van der Waals surface area contributed by atoms with E-state index in [0.717, 1.165) is 26.7 Å². The first-order valence-electron chi connectivity index (χ1n) is 12.1. The van der Waals surface area contributed by atoms with Crippen molar-refractivity contribution in [2.45, 2.75) is 59.2 Å². The first-order valence-corrected chi connectivity index (χ1v) is 12.9. The molecule has 0 saturated heterocycles. The quantitative estimate of drug-likeness (QED) is 0.355. The molecule has 0 fully saturated rings. The number of carbonyl (C=O) groups excluding carboxylic acids is 2. The van der Waals surface area contributed by atoms with Crippen LogP contribution in [0.3, 0.4) is 0 Å². The number of nitrogens with one attached hydrogen (secondary N) is 1. The number of halogens is 1. The predicted octanol–water partition coefficient (Wildman–Crippen LogP) is 6.00. The summed E-state index contributed by atoms with van der Waals surface area (Å²) in [7, 11) is 0. The standard InChI is InChI=1S/C30H35BrN2O3/c1-21-11-13-24(14-12-21)19-33(28(34)20-36-25-15-16-26(31)22(2)17-25)27(29(35)32-30(3,4)5)18-23-9-7-6-8-10-23/h6-17,27H,18-20H2,1-5H3,(H,32,35). The zero-order valence-corrected chi connectivity index (χ0v) is 23.3. The Balaban J connectivity index is 1.92. The van der Waals surface area contributed by atoms with E-state index < -0.39 is 11.6 Å². The van der Waals surface area contributed by atoms with Gasteiger partial charge in [0, 0.05) is 23.0 Å². The van der Waals surface area contributed by atoms with Crippen molar-refractivity contribution in [1.82, 2.24) is 10.2 Å². The summed E-state index contributed by atoms with van der Waals surface area (Å²) in [4.78, 5) is 28.9. The van der Waals surface area contributed by atoms with Crippen LogP contribution in [0.4, 0.5) is 0 Å². The number of rotatable bonds is 9. The van der Waals surface area contributed by atoms with Gasteiger partial charge < -0.3 is 15.0 Å². The average molecular weight is 552 g/mol. The molecule has 2 amide bonds. The largest absolute Gasteiger partial charge is 0.484 e. The van der Waals surface area contributed by atoms with E-state index >= 15 is 0 Å². The molecule has 190 valence electrons. The summed E-state index contributed by atoms with van der Waals surface area (Å²) in [5.41, 5.74) is 3.66. The zero-order chi connectivity index (χ0) is 26.3. The van der Waals surface area contributed by atoms with Crippen LogP contribution < -0.4 is 10.1 Å². The molecular weight excluding hydrogens is 516 g/mol. The molecule has 0 spiro atoms. The second-order valence-corrected chi connectivity index (χ2v) is 11.0. The Hall–Kier alpha value is -3.12. The molecule has 0 aromatic heterocycles. The molecule has 3 aromatic rings. The van der Waals surface area contributed by atoms with Gasteiger partial charge in [-0.05, 0) is 69.5 Å². The lowest BCUT2D eigenvalue weighted by Crippen LogP contribution is -2.55. The molecule has 0 aliphatic carbocycles. The number of hydrogen-bond donors (Lipinski definition) is 1. The van der Waals surface area contributed by atoms with Crippen LogP contribution in [0, 0.1) is 13.8 Å². The molecule has 0 aliphatic heterocycles. The molecule has 1 unspecified atom stereocenters. The number of amides is 2. The van der Waals surface area contributed by atoms with E-state index in [-0.39, 0.29) is 18.4 Å². The third-order valence-corrected chi connectivity index (χ3v) is 6.62. The second kappa shape index (κ2) is 12.2. The molecule has 3 aromatic carbocycles. The minimum Gasteiger partial charge on any atom is -0.484 e. The molecule has 0 radical (unpaired) electrons. The lowest BCUT2D eigenvalue weighted by Gasteiger charge is -2.33. The van der Waals surface area contributed by atoms with Crippen molar-refractivity contribution in [3.8, 4) is 5.75 Å². The van der Waals surface area contributed by atoms with Gasteiger partial charge in [0.1, 0.15) is 11.8 Å². The highest BCUT2D eigenvalue weighted by Gasteiger charge is 2.32. The first kappa shape index (κ1) is 27.5. The lowest BCUT2D eigenvalue weighted by atomic mass is 10.0. The zero-order valence-electron chi connectivity index (χ0n) is 21.7. The molecule has 1 atom stereocenters. The van der Waals surface area contributed by atoms with Crippen LogP contribution in [-0.2, 0) is 22.6 Å². The van der Waals surface area contributed by atoms with Crippen molar-refractivity contribution in [3.05, 3.63) is 99.5 Å². The maximum atomic E-state index is 13.7. The fourth-order valence-electron chi connectivity index (χ4n) is 3.83. The Kier molecular flexibility index (Phi) is 9.32. The third-order valence-electron chi connectivity index (χ3n) is 5.73. The molecule has 6 heteroatoms. The van der Waals surface area contributed by atoms with Gasteiger partial charge in [-0.25, -0.2) is 0 Å². The predicted molar refractivity (Wildman–Crippen MR) is 148 cm³/mol. The number of carbonyl (C=O) groups is 2. The molecule has 0 heterocycles. The summed E-state index contributed by atoms with van der Waals surface area (Å²) < 4.78 is 6.85. The molecule has 0 saturated carbocycles.